The molecule has 6 heteroatoms. The Bertz CT molecular complexity index is 412. The maximum Gasteiger partial charge on any atom is 0.244 e. The molecule has 94 valence electrons. The Balaban J connectivity index is 2.07. The van der Waals surface area contributed by atoms with Crippen LogP contribution in [0.15, 0.2) is 6.33 Å². The first-order chi connectivity index (χ1) is 8.00. The smallest absolute Gasteiger partial charge is 0.244 e. The van der Waals surface area contributed by atoms with Crippen LogP contribution in [0, 0.1) is 5.41 Å². The van der Waals surface area contributed by atoms with Crippen molar-refractivity contribution < 1.29 is 4.79 Å². The van der Waals surface area contributed by atoms with E-state index < -0.39 is 0 Å². The monoisotopic (exact) mass is 237 g/mol. The summed E-state index contributed by atoms with van der Waals surface area (Å²) in [5.41, 5.74) is -0.0269. The molecule has 0 radical (unpaired) electrons. The maximum atomic E-state index is 12.2. The van der Waals surface area contributed by atoms with Gasteiger partial charge < -0.3 is 5.32 Å². The lowest BCUT2D eigenvalue weighted by Crippen LogP contribution is -2.53. The molecule has 17 heavy (non-hydrogen) atoms. The van der Waals surface area contributed by atoms with Crippen LogP contribution in [0.4, 0.5) is 5.95 Å². The molecule has 1 unspecified atom stereocenters. The van der Waals surface area contributed by atoms with Crippen LogP contribution in [0.2, 0.25) is 0 Å². The molecule has 1 amide bonds. The third-order valence-electron chi connectivity index (χ3n) is 3.34. The molecular weight excluding hydrogens is 218 g/mol. The minimum Gasteiger partial charge on any atom is -0.305 e. The van der Waals surface area contributed by atoms with Gasteiger partial charge in [0.2, 0.25) is 11.9 Å². The van der Waals surface area contributed by atoms with Crippen molar-refractivity contribution in [1.82, 2.24) is 20.1 Å². The summed E-state index contributed by atoms with van der Waals surface area (Å²) in [6.07, 6.45) is 3.59. The summed E-state index contributed by atoms with van der Waals surface area (Å²) in [4.78, 5) is 16.2. The van der Waals surface area contributed by atoms with E-state index in [1.54, 1.807) is 11.7 Å². The fourth-order valence-corrected chi connectivity index (χ4v) is 2.25. The van der Waals surface area contributed by atoms with Gasteiger partial charge in [-0.25, -0.2) is 4.68 Å². The Kier molecular flexibility index (Phi) is 3.15. The molecule has 0 saturated carbocycles. The lowest BCUT2D eigenvalue weighted by Gasteiger charge is -2.38. The quantitative estimate of drug-likeness (QED) is 0.787. The van der Waals surface area contributed by atoms with Crippen LogP contribution in [0.25, 0.3) is 0 Å². The van der Waals surface area contributed by atoms with Crippen LogP contribution < -0.4 is 10.6 Å². The highest BCUT2D eigenvalue weighted by molar-refractivity contribution is 5.94. The van der Waals surface area contributed by atoms with E-state index in [0.29, 0.717) is 5.95 Å². The van der Waals surface area contributed by atoms with Crippen molar-refractivity contribution in [2.45, 2.75) is 32.7 Å². The van der Waals surface area contributed by atoms with E-state index in [-0.39, 0.29) is 17.4 Å². The number of nitrogens with one attached hydrogen (secondary N) is 2. The molecule has 6 nitrogen and oxygen atoms in total. The van der Waals surface area contributed by atoms with E-state index in [9.17, 15) is 4.79 Å². The number of piperidine rings is 1. The van der Waals surface area contributed by atoms with Crippen molar-refractivity contribution in [3.8, 4) is 0 Å². The first-order valence-corrected chi connectivity index (χ1v) is 5.89. The number of amides is 1. The van der Waals surface area contributed by atoms with Crippen molar-refractivity contribution in [3.63, 3.8) is 0 Å². The lowest BCUT2D eigenvalue weighted by atomic mass is 9.77. The Morgan fingerprint density at radius 2 is 2.41 bits per heavy atom. The van der Waals surface area contributed by atoms with Crippen LogP contribution in [0.3, 0.4) is 0 Å². The van der Waals surface area contributed by atoms with Crippen molar-refractivity contribution in [3.05, 3.63) is 6.33 Å². The molecule has 2 heterocycles. The first-order valence-electron chi connectivity index (χ1n) is 5.89. The summed E-state index contributed by atoms with van der Waals surface area (Å²) >= 11 is 0. The van der Waals surface area contributed by atoms with Crippen LogP contribution >= 0.6 is 0 Å². The van der Waals surface area contributed by atoms with Gasteiger partial charge in [0.15, 0.2) is 0 Å². The van der Waals surface area contributed by atoms with Crippen molar-refractivity contribution in [2.75, 3.05) is 11.9 Å². The van der Waals surface area contributed by atoms with E-state index in [0.717, 1.165) is 19.4 Å². The number of hydrogen-bond acceptors (Lipinski definition) is 4. The van der Waals surface area contributed by atoms with Crippen molar-refractivity contribution in [2.24, 2.45) is 12.5 Å². The Hall–Kier alpha value is -1.43. The van der Waals surface area contributed by atoms with E-state index in [1.165, 1.54) is 6.33 Å². The Morgan fingerprint density at radius 3 is 3.00 bits per heavy atom. The summed E-state index contributed by atoms with van der Waals surface area (Å²) < 4.78 is 1.55. The Labute approximate surface area is 101 Å². The molecule has 1 atom stereocenters. The van der Waals surface area contributed by atoms with Gasteiger partial charge in [-0.2, -0.15) is 10.1 Å². The fraction of sp³-hybridized carbons (Fsp3) is 0.727. The van der Waals surface area contributed by atoms with E-state index >= 15 is 0 Å². The number of anilines is 1. The largest absolute Gasteiger partial charge is 0.305 e. The van der Waals surface area contributed by atoms with Gasteiger partial charge in [0.25, 0.3) is 0 Å². The van der Waals surface area contributed by atoms with Gasteiger partial charge in [-0.1, -0.05) is 13.8 Å². The molecule has 0 spiro atoms. The maximum absolute atomic E-state index is 12.2. The second-order valence-electron chi connectivity index (χ2n) is 5.18. The molecule has 1 aromatic heterocycles. The van der Waals surface area contributed by atoms with Crippen LogP contribution in [-0.4, -0.2) is 33.3 Å². The zero-order chi connectivity index (χ0) is 12.5. The fourth-order valence-electron chi connectivity index (χ4n) is 2.25. The van der Waals surface area contributed by atoms with E-state index in [1.807, 2.05) is 0 Å². The number of hydrogen-bond donors (Lipinski definition) is 2. The molecular formula is C11H19N5O. The number of rotatable bonds is 2. The zero-order valence-electron chi connectivity index (χ0n) is 10.5. The van der Waals surface area contributed by atoms with Gasteiger partial charge in [-0.3, -0.25) is 10.1 Å². The molecule has 0 aliphatic carbocycles. The summed E-state index contributed by atoms with van der Waals surface area (Å²) in [6.45, 7) is 5.11. The number of aryl methyl sites for hydroxylation is 1. The minimum atomic E-state index is -0.173. The minimum absolute atomic E-state index is 0.0269. The molecule has 0 bridgehead atoms. The van der Waals surface area contributed by atoms with Gasteiger partial charge in [0, 0.05) is 7.05 Å². The van der Waals surface area contributed by atoms with Gasteiger partial charge in [-0.05, 0) is 24.8 Å². The highest BCUT2D eigenvalue weighted by Crippen LogP contribution is 2.30. The highest BCUT2D eigenvalue weighted by Gasteiger charge is 2.37. The molecule has 1 aromatic rings. The summed E-state index contributed by atoms with van der Waals surface area (Å²) in [7, 11) is 1.75. The predicted octanol–water partition coefficient (Wildman–Crippen LogP) is 0.532. The van der Waals surface area contributed by atoms with Gasteiger partial charge in [0.05, 0.1) is 6.04 Å². The topological polar surface area (TPSA) is 71.8 Å². The van der Waals surface area contributed by atoms with Gasteiger partial charge in [0.1, 0.15) is 6.33 Å². The molecule has 2 rings (SSSR count). The highest BCUT2D eigenvalue weighted by atomic mass is 16.2. The first kappa shape index (κ1) is 12.0. The zero-order valence-corrected chi connectivity index (χ0v) is 10.5. The van der Waals surface area contributed by atoms with E-state index in [2.05, 4.69) is 34.6 Å². The normalized spacial score (nSPS) is 23.4. The molecule has 1 aliphatic heterocycles. The lowest BCUT2D eigenvalue weighted by molar-refractivity contribution is -0.121. The third kappa shape index (κ3) is 2.46. The average molecular weight is 237 g/mol. The standard InChI is InChI=1S/C11H19N5O/c1-11(2)5-4-6-12-8(11)9(17)15-10-13-7-14-16(10)3/h7-8,12H,4-6H2,1-3H3,(H,13,14,15,17). The van der Waals surface area contributed by atoms with Crippen molar-refractivity contribution in [1.29, 1.82) is 0 Å². The van der Waals surface area contributed by atoms with Crippen LogP contribution in [-0.2, 0) is 11.8 Å². The second-order valence-corrected chi connectivity index (χ2v) is 5.18. The van der Waals surface area contributed by atoms with Crippen LogP contribution in [0.5, 0.6) is 0 Å². The number of aromatic nitrogens is 3. The predicted molar refractivity (Wildman–Crippen MR) is 64.4 cm³/mol. The summed E-state index contributed by atoms with van der Waals surface area (Å²) in [5, 5.41) is 10.00. The van der Waals surface area contributed by atoms with E-state index in [4.69, 9.17) is 0 Å². The molecule has 1 saturated heterocycles. The molecule has 0 aromatic carbocycles. The van der Waals surface area contributed by atoms with Gasteiger partial charge in [-0.15, -0.1) is 0 Å². The number of carbonyl (C=O) groups excluding carboxylic acids is 1. The third-order valence-corrected chi connectivity index (χ3v) is 3.34. The van der Waals surface area contributed by atoms with Crippen molar-refractivity contribution >= 4 is 11.9 Å². The summed E-state index contributed by atoms with van der Waals surface area (Å²) in [6, 6.07) is -0.173. The average Bonchev–Trinajstić information content (AvgIpc) is 2.63. The molecule has 2 N–H and O–H groups in total. The Morgan fingerprint density at radius 1 is 1.65 bits per heavy atom. The van der Waals surface area contributed by atoms with Crippen LogP contribution in [0.1, 0.15) is 26.7 Å². The number of nitrogens with zero attached hydrogens (tertiary/aromatic N) is 3. The molecule has 1 aliphatic rings. The second kappa shape index (κ2) is 4.44. The SMILES string of the molecule is Cn1ncnc1NC(=O)C1NCCCC1(C)C. The molecule has 1 fully saturated rings. The number of carbonyl (C=O) groups is 1. The van der Waals surface area contributed by atoms with Gasteiger partial charge >= 0.3 is 0 Å². The summed E-state index contributed by atoms with van der Waals surface area (Å²) in [5.74, 6) is 0.448.